The van der Waals surface area contributed by atoms with Crippen LogP contribution in [-0.4, -0.2) is 21.3 Å². The maximum atomic E-state index is 12.0. The highest BCUT2D eigenvalue weighted by Gasteiger charge is 2.15. The Morgan fingerprint density at radius 3 is 2.75 bits per heavy atom. The van der Waals surface area contributed by atoms with Crippen LogP contribution in [0.2, 0.25) is 0 Å². The monoisotopic (exact) mass is 286 g/mol. The van der Waals surface area contributed by atoms with Crippen molar-refractivity contribution in [1.82, 2.24) is 15.4 Å². The number of nitrogens with one attached hydrogen (secondary N) is 1. The van der Waals surface area contributed by atoms with Crippen LogP contribution in [0.3, 0.4) is 0 Å². The average molecular weight is 286 g/mol. The molecular formula is C13H10N4O2S. The summed E-state index contributed by atoms with van der Waals surface area (Å²) in [5.41, 5.74) is 1.07. The van der Waals surface area contributed by atoms with Gasteiger partial charge in [-0.1, -0.05) is 46.8 Å². The van der Waals surface area contributed by atoms with Gasteiger partial charge in [-0.25, -0.2) is 0 Å². The molecule has 1 aromatic carbocycles. The van der Waals surface area contributed by atoms with Crippen molar-refractivity contribution < 1.29 is 9.32 Å². The lowest BCUT2D eigenvalue weighted by molar-refractivity contribution is 0.101. The molecule has 0 aliphatic rings. The molecule has 0 saturated heterocycles. The summed E-state index contributed by atoms with van der Waals surface area (Å²) in [6.45, 7) is 1.82. The Morgan fingerprint density at radius 1 is 1.25 bits per heavy atom. The van der Waals surface area contributed by atoms with Crippen LogP contribution < -0.4 is 5.32 Å². The van der Waals surface area contributed by atoms with E-state index in [0.717, 1.165) is 10.6 Å². The number of benzene rings is 1. The second-order valence-corrected chi connectivity index (χ2v) is 5.20. The van der Waals surface area contributed by atoms with Gasteiger partial charge in [0.2, 0.25) is 5.13 Å². The molecule has 3 rings (SSSR count). The summed E-state index contributed by atoms with van der Waals surface area (Å²) < 4.78 is 5.17. The van der Waals surface area contributed by atoms with Crippen LogP contribution >= 0.6 is 11.3 Å². The Kier molecular flexibility index (Phi) is 3.26. The largest absolute Gasteiger partial charge is 0.355 e. The summed E-state index contributed by atoms with van der Waals surface area (Å²) >= 11 is 1.30. The lowest BCUT2D eigenvalue weighted by Crippen LogP contribution is -2.11. The minimum atomic E-state index is -0.368. The maximum absolute atomic E-state index is 12.0. The highest BCUT2D eigenvalue weighted by Crippen LogP contribution is 2.21. The Balaban J connectivity index is 1.78. The van der Waals surface area contributed by atoms with E-state index in [1.165, 1.54) is 11.3 Å². The number of anilines is 1. The molecule has 0 atom stereocenters. The summed E-state index contributed by atoms with van der Waals surface area (Å²) in [4.78, 5) is 12.0. The third-order valence-electron chi connectivity index (χ3n) is 2.55. The van der Waals surface area contributed by atoms with Crippen LogP contribution in [0.15, 0.2) is 40.9 Å². The van der Waals surface area contributed by atoms with E-state index in [4.69, 9.17) is 4.52 Å². The van der Waals surface area contributed by atoms with E-state index in [9.17, 15) is 4.79 Å². The van der Waals surface area contributed by atoms with E-state index in [-0.39, 0.29) is 11.6 Å². The smallest absolute Gasteiger partial charge is 0.279 e. The molecule has 0 saturated carbocycles. The summed E-state index contributed by atoms with van der Waals surface area (Å²) in [7, 11) is 0. The Bertz CT molecular complexity index is 736. The van der Waals surface area contributed by atoms with Gasteiger partial charge in [-0.3, -0.25) is 10.1 Å². The third-order valence-corrected chi connectivity index (χ3v) is 3.30. The summed E-state index contributed by atoms with van der Waals surface area (Å²) in [6, 6.07) is 11.1. The molecule has 0 bridgehead atoms. The first-order valence-electron chi connectivity index (χ1n) is 5.86. The molecular weight excluding hydrogens is 276 g/mol. The highest BCUT2D eigenvalue weighted by atomic mass is 32.1. The first-order chi connectivity index (χ1) is 9.72. The highest BCUT2D eigenvalue weighted by molar-refractivity contribution is 7.15. The van der Waals surface area contributed by atoms with Crippen molar-refractivity contribution in [2.75, 3.05) is 5.32 Å². The van der Waals surface area contributed by atoms with Crippen molar-refractivity contribution in [1.29, 1.82) is 0 Å². The minimum Gasteiger partial charge on any atom is -0.355 e. The van der Waals surface area contributed by atoms with Gasteiger partial charge in [0.05, 0.1) is 0 Å². The van der Waals surface area contributed by atoms with E-state index >= 15 is 0 Å². The molecule has 0 aliphatic heterocycles. The van der Waals surface area contributed by atoms with Gasteiger partial charge in [0.15, 0.2) is 11.5 Å². The number of nitrogens with zero attached hydrogens (tertiary/aromatic N) is 3. The number of hydrogen-bond acceptors (Lipinski definition) is 6. The van der Waals surface area contributed by atoms with Crippen molar-refractivity contribution >= 4 is 22.4 Å². The van der Waals surface area contributed by atoms with Gasteiger partial charge in [0.1, 0.15) is 5.01 Å². The number of rotatable bonds is 3. The molecule has 20 heavy (non-hydrogen) atoms. The number of aromatic nitrogens is 3. The van der Waals surface area contributed by atoms with Gasteiger partial charge in [0, 0.05) is 11.6 Å². The zero-order valence-corrected chi connectivity index (χ0v) is 11.3. The van der Waals surface area contributed by atoms with Gasteiger partial charge < -0.3 is 4.52 Å². The minimum absolute atomic E-state index is 0.205. The molecule has 1 amide bonds. The SMILES string of the molecule is Cc1nnc(NC(=O)c2cc(-c3ccccc3)on2)s1. The predicted molar refractivity (Wildman–Crippen MR) is 74.5 cm³/mol. The third kappa shape index (κ3) is 2.57. The molecule has 1 N–H and O–H groups in total. The fourth-order valence-electron chi connectivity index (χ4n) is 1.63. The van der Waals surface area contributed by atoms with E-state index < -0.39 is 0 Å². The fraction of sp³-hybridized carbons (Fsp3) is 0.0769. The number of carbonyl (C=O) groups is 1. The molecule has 100 valence electrons. The van der Waals surface area contributed by atoms with Gasteiger partial charge in [-0.15, -0.1) is 10.2 Å². The second-order valence-electron chi connectivity index (χ2n) is 4.02. The van der Waals surface area contributed by atoms with E-state index in [1.54, 1.807) is 6.07 Å². The van der Waals surface area contributed by atoms with Gasteiger partial charge in [0.25, 0.3) is 5.91 Å². The van der Waals surface area contributed by atoms with Crippen LogP contribution in [0.5, 0.6) is 0 Å². The number of aryl methyl sites for hydroxylation is 1. The van der Waals surface area contributed by atoms with Crippen LogP contribution in [0.4, 0.5) is 5.13 Å². The summed E-state index contributed by atoms with van der Waals surface area (Å²) in [5, 5.41) is 15.3. The first kappa shape index (κ1) is 12.5. The Labute approximate surface area is 118 Å². The second kappa shape index (κ2) is 5.22. The normalized spacial score (nSPS) is 10.4. The molecule has 2 aromatic heterocycles. The molecule has 0 aliphatic carbocycles. The quantitative estimate of drug-likeness (QED) is 0.800. The standard InChI is InChI=1S/C13H10N4O2S/c1-8-15-16-13(20-8)14-12(18)10-7-11(19-17-10)9-5-3-2-4-6-9/h2-7H,1H3,(H,14,16,18). The fourth-order valence-corrected chi connectivity index (χ4v) is 2.22. The van der Waals surface area contributed by atoms with Crippen molar-refractivity contribution in [3.63, 3.8) is 0 Å². The van der Waals surface area contributed by atoms with E-state index in [1.807, 2.05) is 37.3 Å². The summed E-state index contributed by atoms with van der Waals surface area (Å²) in [5.74, 6) is 0.177. The zero-order chi connectivity index (χ0) is 13.9. The topological polar surface area (TPSA) is 80.9 Å². The van der Waals surface area contributed by atoms with Crippen molar-refractivity contribution in [2.24, 2.45) is 0 Å². The maximum Gasteiger partial charge on any atom is 0.279 e. The molecule has 0 radical (unpaired) electrons. The molecule has 0 spiro atoms. The van der Waals surface area contributed by atoms with Gasteiger partial charge in [-0.2, -0.15) is 0 Å². The summed E-state index contributed by atoms with van der Waals surface area (Å²) in [6.07, 6.45) is 0. The molecule has 0 fully saturated rings. The van der Waals surface area contributed by atoms with E-state index in [2.05, 4.69) is 20.7 Å². The first-order valence-corrected chi connectivity index (χ1v) is 6.67. The van der Waals surface area contributed by atoms with E-state index in [0.29, 0.717) is 10.9 Å². The van der Waals surface area contributed by atoms with Crippen LogP contribution in [0.25, 0.3) is 11.3 Å². The van der Waals surface area contributed by atoms with Crippen LogP contribution in [-0.2, 0) is 0 Å². The average Bonchev–Trinajstić information content (AvgIpc) is 3.09. The predicted octanol–water partition coefficient (Wildman–Crippen LogP) is 2.75. The molecule has 2 heterocycles. The molecule has 3 aromatic rings. The van der Waals surface area contributed by atoms with Crippen LogP contribution in [0, 0.1) is 6.92 Å². The number of carbonyl (C=O) groups excluding carboxylic acids is 1. The van der Waals surface area contributed by atoms with Crippen molar-refractivity contribution in [3.8, 4) is 11.3 Å². The van der Waals surface area contributed by atoms with Crippen molar-refractivity contribution in [2.45, 2.75) is 6.92 Å². The molecule has 0 unspecified atom stereocenters. The molecule has 7 heteroatoms. The Morgan fingerprint density at radius 2 is 2.05 bits per heavy atom. The lowest BCUT2D eigenvalue weighted by Gasteiger charge is -1.94. The van der Waals surface area contributed by atoms with Crippen LogP contribution in [0.1, 0.15) is 15.5 Å². The molecule has 6 nitrogen and oxygen atoms in total. The number of amides is 1. The lowest BCUT2D eigenvalue weighted by atomic mass is 10.1. The Hall–Kier alpha value is -2.54. The number of hydrogen-bond donors (Lipinski definition) is 1. The zero-order valence-electron chi connectivity index (χ0n) is 10.5. The van der Waals surface area contributed by atoms with Gasteiger partial charge in [-0.05, 0) is 6.92 Å². The van der Waals surface area contributed by atoms with Crippen molar-refractivity contribution in [3.05, 3.63) is 47.1 Å². The van der Waals surface area contributed by atoms with Gasteiger partial charge >= 0.3 is 0 Å².